The average molecular weight is 256 g/mol. The number of aromatic nitrogens is 2. The molecule has 2 rings (SSSR count). The van der Waals surface area contributed by atoms with Gasteiger partial charge in [0.25, 0.3) is 0 Å². The molecule has 0 amide bonds. The van der Waals surface area contributed by atoms with Crippen LogP contribution < -0.4 is 10.2 Å². The number of nitrogens with one attached hydrogen (secondary N) is 1. The van der Waals surface area contributed by atoms with Crippen molar-refractivity contribution in [3.8, 4) is 0 Å². The third-order valence-corrected chi connectivity index (χ3v) is 3.03. The minimum Gasteiger partial charge on any atom is -0.325 e. The van der Waals surface area contributed by atoms with Gasteiger partial charge in [0.05, 0.1) is 11.9 Å². The van der Waals surface area contributed by atoms with Gasteiger partial charge in [-0.2, -0.15) is 0 Å². The molecular weight excluding hydrogens is 236 g/mol. The first kappa shape index (κ1) is 13.5. The highest BCUT2D eigenvalue weighted by Crippen LogP contribution is 2.25. The topological polar surface area (TPSA) is 41.1 Å². The van der Waals surface area contributed by atoms with Crippen LogP contribution in [0.25, 0.3) is 0 Å². The maximum atomic E-state index is 4.65. The third kappa shape index (κ3) is 3.09. The van der Waals surface area contributed by atoms with Crippen LogP contribution in [0, 0.1) is 6.92 Å². The lowest BCUT2D eigenvalue weighted by Crippen LogP contribution is -2.19. The molecular formula is C15H20N4. The van der Waals surface area contributed by atoms with Crippen LogP contribution in [-0.4, -0.2) is 23.6 Å². The fraction of sp³-hybridized carbons (Fsp3) is 0.333. The molecule has 2 aromatic rings. The lowest BCUT2D eigenvalue weighted by Gasteiger charge is -2.24. The van der Waals surface area contributed by atoms with E-state index in [0.717, 1.165) is 24.6 Å². The molecule has 0 aliphatic carbocycles. The minimum absolute atomic E-state index is 0.728. The molecule has 100 valence electrons. The normalized spacial score (nSPS) is 10.5. The number of anilines is 2. The summed E-state index contributed by atoms with van der Waals surface area (Å²) >= 11 is 0. The van der Waals surface area contributed by atoms with Crippen LogP contribution in [0.2, 0.25) is 0 Å². The summed E-state index contributed by atoms with van der Waals surface area (Å²) < 4.78 is 0. The number of nitrogens with zero attached hydrogens (tertiary/aromatic N) is 3. The molecule has 1 aromatic heterocycles. The van der Waals surface area contributed by atoms with Crippen molar-refractivity contribution in [1.82, 2.24) is 15.3 Å². The Kier molecular flexibility index (Phi) is 4.47. The monoisotopic (exact) mass is 256 g/mol. The Morgan fingerprint density at radius 3 is 2.68 bits per heavy atom. The highest BCUT2D eigenvalue weighted by Gasteiger charge is 2.11. The van der Waals surface area contributed by atoms with Gasteiger partial charge in [-0.1, -0.05) is 18.2 Å². The number of para-hydroxylation sites is 1. The quantitative estimate of drug-likeness (QED) is 0.893. The van der Waals surface area contributed by atoms with Crippen molar-refractivity contribution in [3.63, 3.8) is 0 Å². The van der Waals surface area contributed by atoms with Crippen molar-refractivity contribution in [2.24, 2.45) is 0 Å². The van der Waals surface area contributed by atoms with E-state index in [2.05, 4.69) is 58.3 Å². The lowest BCUT2D eigenvalue weighted by molar-refractivity contribution is 0.780. The minimum atomic E-state index is 0.728. The van der Waals surface area contributed by atoms with Gasteiger partial charge in [-0.3, -0.25) is 4.98 Å². The number of rotatable bonds is 5. The summed E-state index contributed by atoms with van der Waals surface area (Å²) in [5.74, 6) is 0.893. The van der Waals surface area contributed by atoms with Crippen molar-refractivity contribution >= 4 is 11.5 Å². The largest absolute Gasteiger partial charge is 0.325 e. The van der Waals surface area contributed by atoms with Gasteiger partial charge in [0.15, 0.2) is 5.82 Å². The Bertz CT molecular complexity index is 539. The summed E-state index contributed by atoms with van der Waals surface area (Å²) in [5, 5.41) is 3.10. The summed E-state index contributed by atoms with van der Waals surface area (Å²) in [6.45, 7) is 5.83. The predicted molar refractivity (Wildman–Crippen MR) is 78.7 cm³/mol. The molecule has 0 unspecified atom stereocenters. The van der Waals surface area contributed by atoms with Crippen molar-refractivity contribution < 1.29 is 0 Å². The zero-order valence-corrected chi connectivity index (χ0v) is 11.7. The van der Waals surface area contributed by atoms with Crippen molar-refractivity contribution in [3.05, 3.63) is 47.9 Å². The molecule has 4 heteroatoms. The van der Waals surface area contributed by atoms with Gasteiger partial charge in [0.1, 0.15) is 0 Å². The maximum Gasteiger partial charge on any atom is 0.151 e. The Labute approximate surface area is 114 Å². The van der Waals surface area contributed by atoms with E-state index in [4.69, 9.17) is 0 Å². The summed E-state index contributed by atoms with van der Waals surface area (Å²) in [4.78, 5) is 11.1. The van der Waals surface area contributed by atoms with Crippen LogP contribution in [0.1, 0.15) is 18.2 Å². The fourth-order valence-corrected chi connectivity index (χ4v) is 2.11. The zero-order chi connectivity index (χ0) is 13.7. The first-order valence-corrected chi connectivity index (χ1v) is 6.55. The zero-order valence-electron chi connectivity index (χ0n) is 11.7. The first-order valence-electron chi connectivity index (χ1n) is 6.55. The van der Waals surface area contributed by atoms with Gasteiger partial charge in [0.2, 0.25) is 0 Å². The standard InChI is InChI=1S/C15H20N4/c1-4-19(14-8-6-5-7-12(14)2)15-11-17-10-13(18-15)9-16-3/h5-8,10-11,16H,4,9H2,1-3H3. The van der Waals surface area contributed by atoms with Crippen LogP contribution in [0.5, 0.6) is 0 Å². The molecule has 19 heavy (non-hydrogen) atoms. The van der Waals surface area contributed by atoms with Crippen LogP contribution in [0.15, 0.2) is 36.7 Å². The molecule has 0 aliphatic heterocycles. The van der Waals surface area contributed by atoms with Crippen LogP contribution >= 0.6 is 0 Å². The Hall–Kier alpha value is -1.94. The SMILES string of the molecule is CCN(c1cncc(CNC)n1)c1ccccc1C. The molecule has 0 aliphatic rings. The molecule has 4 nitrogen and oxygen atoms in total. The summed E-state index contributed by atoms with van der Waals surface area (Å²) in [6.07, 6.45) is 3.61. The van der Waals surface area contributed by atoms with Gasteiger partial charge < -0.3 is 10.2 Å². The van der Waals surface area contributed by atoms with Crippen molar-refractivity contribution in [1.29, 1.82) is 0 Å². The van der Waals surface area contributed by atoms with E-state index in [1.54, 1.807) is 6.20 Å². The van der Waals surface area contributed by atoms with E-state index >= 15 is 0 Å². The van der Waals surface area contributed by atoms with Gasteiger partial charge in [-0.25, -0.2) is 4.98 Å². The van der Waals surface area contributed by atoms with Crippen molar-refractivity contribution in [2.75, 3.05) is 18.5 Å². The highest BCUT2D eigenvalue weighted by molar-refractivity contribution is 5.62. The molecule has 0 saturated carbocycles. The molecule has 1 heterocycles. The fourth-order valence-electron chi connectivity index (χ4n) is 2.11. The van der Waals surface area contributed by atoms with Crippen LogP contribution in [-0.2, 0) is 6.54 Å². The van der Waals surface area contributed by atoms with Gasteiger partial charge in [-0.15, -0.1) is 0 Å². The van der Waals surface area contributed by atoms with Crippen molar-refractivity contribution in [2.45, 2.75) is 20.4 Å². The number of hydrogen-bond acceptors (Lipinski definition) is 4. The van der Waals surface area contributed by atoms with E-state index in [0.29, 0.717) is 0 Å². The number of hydrogen-bond donors (Lipinski definition) is 1. The number of aryl methyl sites for hydroxylation is 1. The molecule has 1 aromatic carbocycles. The molecule has 0 spiro atoms. The Morgan fingerprint density at radius 1 is 1.21 bits per heavy atom. The van der Waals surface area contributed by atoms with Gasteiger partial charge in [0, 0.05) is 25.0 Å². The molecule has 0 fully saturated rings. The second-order valence-electron chi connectivity index (χ2n) is 4.43. The van der Waals surface area contributed by atoms with E-state index < -0.39 is 0 Å². The Balaban J connectivity index is 2.37. The molecule has 0 atom stereocenters. The predicted octanol–water partition coefficient (Wildman–Crippen LogP) is 2.66. The van der Waals surface area contributed by atoms with Gasteiger partial charge >= 0.3 is 0 Å². The van der Waals surface area contributed by atoms with E-state index in [-0.39, 0.29) is 0 Å². The average Bonchev–Trinajstić information content (AvgIpc) is 2.43. The van der Waals surface area contributed by atoms with Gasteiger partial charge in [-0.05, 0) is 32.5 Å². The molecule has 0 saturated heterocycles. The third-order valence-electron chi connectivity index (χ3n) is 3.03. The first-order chi connectivity index (χ1) is 9.26. The van der Waals surface area contributed by atoms with E-state index in [9.17, 15) is 0 Å². The second kappa shape index (κ2) is 6.29. The summed E-state index contributed by atoms with van der Waals surface area (Å²) in [7, 11) is 1.91. The van der Waals surface area contributed by atoms with Crippen LogP contribution in [0.3, 0.4) is 0 Å². The molecule has 1 N–H and O–H groups in total. The molecule has 0 bridgehead atoms. The second-order valence-corrected chi connectivity index (χ2v) is 4.43. The molecule has 0 radical (unpaired) electrons. The number of benzene rings is 1. The highest BCUT2D eigenvalue weighted by atomic mass is 15.2. The maximum absolute atomic E-state index is 4.65. The summed E-state index contributed by atoms with van der Waals surface area (Å²) in [6, 6.07) is 8.33. The van der Waals surface area contributed by atoms with Crippen LogP contribution in [0.4, 0.5) is 11.5 Å². The Morgan fingerprint density at radius 2 is 2.00 bits per heavy atom. The van der Waals surface area contributed by atoms with E-state index in [1.165, 1.54) is 11.3 Å². The van der Waals surface area contributed by atoms with E-state index in [1.807, 2.05) is 13.2 Å². The smallest absolute Gasteiger partial charge is 0.151 e. The lowest BCUT2D eigenvalue weighted by atomic mass is 10.2. The summed E-state index contributed by atoms with van der Waals surface area (Å²) in [5.41, 5.74) is 3.37.